The van der Waals surface area contributed by atoms with E-state index in [0.717, 1.165) is 13.2 Å². The number of hydrogen-bond acceptors (Lipinski definition) is 7. The standard InChI is InChI=1S/C14H20N2O6S.ClH/c1-14(2,15)8-16-23(19,20)11-7-9(12(17)21-3)5-6-10(11)13(18)22-4;/h5-7,16H,8,15H2,1-4H3;1H. The predicted octanol–water partition coefficient (Wildman–Crippen LogP) is 0.697. The van der Waals surface area contributed by atoms with Crippen molar-refractivity contribution in [1.82, 2.24) is 4.72 Å². The van der Waals surface area contributed by atoms with Crippen molar-refractivity contribution in [3.63, 3.8) is 0 Å². The highest BCUT2D eigenvalue weighted by Crippen LogP contribution is 2.20. The molecule has 8 nitrogen and oxygen atoms in total. The van der Waals surface area contributed by atoms with E-state index in [0.29, 0.717) is 0 Å². The number of ether oxygens (including phenoxy) is 2. The van der Waals surface area contributed by atoms with Gasteiger partial charge < -0.3 is 15.2 Å². The summed E-state index contributed by atoms with van der Waals surface area (Å²) in [6, 6.07) is 3.54. The van der Waals surface area contributed by atoms with Gasteiger partial charge in [0, 0.05) is 12.1 Å². The van der Waals surface area contributed by atoms with Crippen molar-refractivity contribution >= 4 is 34.4 Å². The molecule has 0 aliphatic carbocycles. The number of methoxy groups -OCH3 is 2. The number of sulfonamides is 1. The van der Waals surface area contributed by atoms with Gasteiger partial charge in [-0.15, -0.1) is 12.4 Å². The molecule has 1 aromatic rings. The Kier molecular flexibility index (Phi) is 7.84. The van der Waals surface area contributed by atoms with E-state index in [1.807, 2.05) is 0 Å². The molecule has 24 heavy (non-hydrogen) atoms. The lowest BCUT2D eigenvalue weighted by atomic mass is 10.1. The molecule has 0 unspecified atom stereocenters. The average Bonchev–Trinajstić information content (AvgIpc) is 2.50. The second-order valence-corrected chi connectivity index (χ2v) is 7.24. The first-order valence-corrected chi connectivity index (χ1v) is 8.09. The molecule has 0 spiro atoms. The fraction of sp³-hybridized carbons (Fsp3) is 0.429. The Hall–Kier alpha value is -1.68. The molecular weight excluding hydrogens is 360 g/mol. The molecule has 0 bridgehead atoms. The number of carbonyl (C=O) groups is 2. The summed E-state index contributed by atoms with van der Waals surface area (Å²) in [5, 5.41) is 0. The summed E-state index contributed by atoms with van der Waals surface area (Å²) < 4.78 is 36.3. The van der Waals surface area contributed by atoms with Crippen LogP contribution < -0.4 is 10.5 Å². The van der Waals surface area contributed by atoms with E-state index in [9.17, 15) is 18.0 Å². The predicted molar refractivity (Wildman–Crippen MR) is 89.8 cm³/mol. The summed E-state index contributed by atoms with van der Waals surface area (Å²) in [6.45, 7) is 3.22. The number of benzene rings is 1. The molecule has 0 aliphatic heterocycles. The number of nitrogens with two attached hydrogens (primary N) is 1. The van der Waals surface area contributed by atoms with E-state index in [-0.39, 0.29) is 35.0 Å². The fourth-order valence-corrected chi connectivity index (χ4v) is 3.07. The maximum absolute atomic E-state index is 12.5. The molecule has 3 N–H and O–H groups in total. The lowest BCUT2D eigenvalue weighted by molar-refractivity contribution is 0.0583. The van der Waals surface area contributed by atoms with Crippen molar-refractivity contribution in [1.29, 1.82) is 0 Å². The molecule has 0 saturated heterocycles. The molecule has 0 atom stereocenters. The third-order valence-corrected chi connectivity index (χ3v) is 4.26. The SMILES string of the molecule is COC(=O)c1ccc(C(=O)OC)c(S(=O)(=O)NCC(C)(C)N)c1.Cl. The van der Waals surface area contributed by atoms with Crippen LogP contribution in [0.3, 0.4) is 0 Å². The van der Waals surface area contributed by atoms with Gasteiger partial charge in [-0.3, -0.25) is 0 Å². The summed E-state index contributed by atoms with van der Waals surface area (Å²) >= 11 is 0. The van der Waals surface area contributed by atoms with E-state index >= 15 is 0 Å². The topological polar surface area (TPSA) is 125 Å². The Balaban J connectivity index is 0.00000529. The smallest absolute Gasteiger partial charge is 0.339 e. The van der Waals surface area contributed by atoms with Crippen LogP contribution in [0.4, 0.5) is 0 Å². The Morgan fingerprint density at radius 2 is 1.71 bits per heavy atom. The number of hydrogen-bond donors (Lipinski definition) is 2. The van der Waals surface area contributed by atoms with Gasteiger partial charge in [-0.05, 0) is 32.0 Å². The minimum atomic E-state index is -4.08. The average molecular weight is 381 g/mol. The Morgan fingerprint density at radius 3 is 2.17 bits per heavy atom. The molecule has 0 amide bonds. The van der Waals surface area contributed by atoms with Gasteiger partial charge in [-0.25, -0.2) is 22.7 Å². The Bertz CT molecular complexity index is 712. The van der Waals surface area contributed by atoms with Crippen LogP contribution in [0.5, 0.6) is 0 Å². The largest absolute Gasteiger partial charge is 0.465 e. The second kappa shape index (κ2) is 8.43. The Labute approximate surface area is 147 Å². The molecule has 0 aromatic heterocycles. The highest BCUT2D eigenvalue weighted by atomic mass is 35.5. The fourth-order valence-electron chi connectivity index (χ4n) is 1.63. The summed E-state index contributed by atoms with van der Waals surface area (Å²) in [5.74, 6) is -1.56. The minimum absolute atomic E-state index is 0. The zero-order valence-corrected chi connectivity index (χ0v) is 15.4. The van der Waals surface area contributed by atoms with Crippen LogP contribution in [0.2, 0.25) is 0 Å². The van der Waals surface area contributed by atoms with Crippen LogP contribution >= 0.6 is 12.4 Å². The maximum atomic E-state index is 12.5. The molecule has 0 radical (unpaired) electrons. The first-order valence-electron chi connectivity index (χ1n) is 6.61. The van der Waals surface area contributed by atoms with Crippen molar-refractivity contribution < 1.29 is 27.5 Å². The number of halogens is 1. The van der Waals surface area contributed by atoms with Gasteiger partial charge in [0.05, 0.1) is 30.2 Å². The monoisotopic (exact) mass is 380 g/mol. The van der Waals surface area contributed by atoms with E-state index < -0.39 is 27.5 Å². The van der Waals surface area contributed by atoms with Crippen LogP contribution in [0.25, 0.3) is 0 Å². The molecule has 0 heterocycles. The molecule has 136 valence electrons. The maximum Gasteiger partial charge on any atom is 0.339 e. The summed E-state index contributed by atoms with van der Waals surface area (Å²) in [5.41, 5.74) is 4.76. The van der Waals surface area contributed by atoms with Crippen LogP contribution in [0.1, 0.15) is 34.6 Å². The van der Waals surface area contributed by atoms with Gasteiger partial charge in [-0.1, -0.05) is 0 Å². The van der Waals surface area contributed by atoms with E-state index in [1.54, 1.807) is 13.8 Å². The highest BCUT2D eigenvalue weighted by Gasteiger charge is 2.26. The van der Waals surface area contributed by atoms with Crippen molar-refractivity contribution in [2.24, 2.45) is 5.73 Å². The third kappa shape index (κ3) is 5.75. The number of rotatable bonds is 6. The second-order valence-electron chi connectivity index (χ2n) is 5.51. The first-order chi connectivity index (χ1) is 10.5. The molecule has 0 fully saturated rings. The highest BCUT2D eigenvalue weighted by molar-refractivity contribution is 7.89. The van der Waals surface area contributed by atoms with Crippen LogP contribution in [-0.4, -0.2) is 46.7 Å². The van der Waals surface area contributed by atoms with Crippen molar-refractivity contribution in [2.75, 3.05) is 20.8 Å². The molecule has 0 saturated carbocycles. The molecule has 10 heteroatoms. The van der Waals surface area contributed by atoms with Gasteiger partial charge in [-0.2, -0.15) is 0 Å². The molecular formula is C14H21ClN2O6S. The molecule has 1 rings (SSSR count). The van der Waals surface area contributed by atoms with Crippen molar-refractivity contribution in [3.05, 3.63) is 29.3 Å². The lowest BCUT2D eigenvalue weighted by Crippen LogP contribution is -2.45. The number of esters is 2. The zero-order chi connectivity index (χ0) is 17.8. The number of nitrogens with one attached hydrogen (secondary N) is 1. The van der Waals surface area contributed by atoms with Gasteiger partial charge in [0.15, 0.2) is 0 Å². The van der Waals surface area contributed by atoms with E-state index in [4.69, 9.17) is 5.73 Å². The van der Waals surface area contributed by atoms with Gasteiger partial charge in [0.2, 0.25) is 10.0 Å². The zero-order valence-electron chi connectivity index (χ0n) is 13.8. The van der Waals surface area contributed by atoms with Crippen LogP contribution in [0.15, 0.2) is 23.1 Å². The van der Waals surface area contributed by atoms with Gasteiger partial charge >= 0.3 is 11.9 Å². The van der Waals surface area contributed by atoms with Gasteiger partial charge in [0.1, 0.15) is 0 Å². The molecule has 1 aromatic carbocycles. The molecule has 0 aliphatic rings. The summed E-state index contributed by atoms with van der Waals surface area (Å²) in [7, 11) is -1.79. The number of carbonyl (C=O) groups excluding carboxylic acids is 2. The summed E-state index contributed by atoms with van der Waals surface area (Å²) in [4.78, 5) is 23.0. The van der Waals surface area contributed by atoms with Crippen LogP contribution in [-0.2, 0) is 19.5 Å². The first kappa shape index (κ1) is 22.3. The lowest BCUT2D eigenvalue weighted by Gasteiger charge is -2.19. The normalized spacial score (nSPS) is 11.4. The van der Waals surface area contributed by atoms with Gasteiger partial charge in [0.25, 0.3) is 0 Å². The van der Waals surface area contributed by atoms with Crippen molar-refractivity contribution in [2.45, 2.75) is 24.3 Å². The van der Waals surface area contributed by atoms with Crippen molar-refractivity contribution in [3.8, 4) is 0 Å². The van der Waals surface area contributed by atoms with Crippen LogP contribution in [0, 0.1) is 0 Å². The van der Waals surface area contributed by atoms with E-state index in [2.05, 4.69) is 14.2 Å². The quantitative estimate of drug-likeness (QED) is 0.695. The Morgan fingerprint density at radius 1 is 1.17 bits per heavy atom. The van der Waals surface area contributed by atoms with E-state index in [1.165, 1.54) is 19.2 Å². The summed E-state index contributed by atoms with van der Waals surface area (Å²) in [6.07, 6.45) is 0. The minimum Gasteiger partial charge on any atom is -0.465 e. The third-order valence-electron chi connectivity index (χ3n) is 2.82.